The van der Waals surface area contributed by atoms with Crippen molar-refractivity contribution in [2.75, 3.05) is 11.9 Å². The Bertz CT molecular complexity index is 652. The van der Waals surface area contributed by atoms with E-state index in [0.29, 0.717) is 6.42 Å². The molecule has 0 atom stereocenters. The van der Waals surface area contributed by atoms with E-state index in [1.54, 1.807) is 24.2 Å². The molecule has 1 aromatic carbocycles. The zero-order valence-electron chi connectivity index (χ0n) is 10.6. The minimum absolute atomic E-state index is 0.152. The maximum atomic E-state index is 11.6. The molecule has 0 saturated heterocycles. The van der Waals surface area contributed by atoms with Gasteiger partial charge in [0.05, 0.1) is 6.20 Å². The van der Waals surface area contributed by atoms with Gasteiger partial charge in [-0.05, 0) is 35.7 Å². The van der Waals surface area contributed by atoms with Crippen LogP contribution in [-0.2, 0) is 11.2 Å². The van der Waals surface area contributed by atoms with Crippen LogP contribution >= 0.6 is 0 Å². The summed E-state index contributed by atoms with van der Waals surface area (Å²) in [7, 11) is 1.80. The van der Waals surface area contributed by atoms with E-state index in [1.807, 2.05) is 12.1 Å². The molecule has 0 radical (unpaired) electrons. The van der Waals surface area contributed by atoms with E-state index in [2.05, 4.69) is 11.1 Å². The van der Waals surface area contributed by atoms with Crippen molar-refractivity contribution in [3.63, 3.8) is 0 Å². The fourth-order valence-electron chi connectivity index (χ4n) is 2.42. The number of nitrogens with zero attached hydrogens (tertiary/aromatic N) is 2. The third-order valence-electron chi connectivity index (χ3n) is 3.48. The second kappa shape index (κ2) is 4.39. The van der Waals surface area contributed by atoms with Gasteiger partial charge < -0.3 is 10.0 Å². The Morgan fingerprint density at radius 3 is 2.79 bits per heavy atom. The number of aryl methyl sites for hydroxylation is 1. The van der Waals surface area contributed by atoms with Gasteiger partial charge in [0.1, 0.15) is 5.75 Å². The van der Waals surface area contributed by atoms with Crippen LogP contribution in [-0.4, -0.2) is 23.0 Å². The van der Waals surface area contributed by atoms with Crippen LogP contribution in [0.25, 0.3) is 11.1 Å². The molecule has 1 N–H and O–H groups in total. The van der Waals surface area contributed by atoms with Gasteiger partial charge in [-0.25, -0.2) is 0 Å². The first-order valence-electron chi connectivity index (χ1n) is 6.19. The van der Waals surface area contributed by atoms with E-state index in [0.717, 1.165) is 28.8 Å². The Hall–Kier alpha value is -2.36. The zero-order chi connectivity index (χ0) is 13.4. The normalized spacial score (nSPS) is 14.4. The van der Waals surface area contributed by atoms with Crippen molar-refractivity contribution >= 4 is 11.6 Å². The van der Waals surface area contributed by atoms with Gasteiger partial charge in [0.2, 0.25) is 5.91 Å². The van der Waals surface area contributed by atoms with E-state index < -0.39 is 0 Å². The Labute approximate surface area is 111 Å². The summed E-state index contributed by atoms with van der Waals surface area (Å²) in [5, 5.41) is 9.47. The van der Waals surface area contributed by atoms with Crippen molar-refractivity contribution in [3.05, 3.63) is 42.2 Å². The van der Waals surface area contributed by atoms with Gasteiger partial charge in [-0.2, -0.15) is 0 Å². The molecule has 96 valence electrons. The second-order valence-corrected chi connectivity index (χ2v) is 4.73. The number of fused-ring (bicyclic) bond motifs is 1. The molecular formula is C15H14N2O2. The number of amides is 1. The number of rotatable bonds is 1. The third kappa shape index (κ3) is 2.05. The maximum absolute atomic E-state index is 11.6. The molecule has 4 nitrogen and oxygen atoms in total. The summed E-state index contributed by atoms with van der Waals surface area (Å²) >= 11 is 0. The summed E-state index contributed by atoms with van der Waals surface area (Å²) < 4.78 is 0. The smallest absolute Gasteiger partial charge is 0.227 e. The Morgan fingerprint density at radius 1 is 1.16 bits per heavy atom. The van der Waals surface area contributed by atoms with Gasteiger partial charge in [0.25, 0.3) is 0 Å². The molecule has 0 bridgehead atoms. The molecular weight excluding hydrogens is 240 g/mol. The fraction of sp³-hybridized carbons (Fsp3) is 0.200. The Kier molecular flexibility index (Phi) is 2.71. The highest BCUT2D eigenvalue weighted by Gasteiger charge is 2.20. The first-order chi connectivity index (χ1) is 9.15. The van der Waals surface area contributed by atoms with Gasteiger partial charge in [-0.3, -0.25) is 9.78 Å². The van der Waals surface area contributed by atoms with Crippen molar-refractivity contribution in [2.45, 2.75) is 12.8 Å². The van der Waals surface area contributed by atoms with E-state index in [9.17, 15) is 9.90 Å². The van der Waals surface area contributed by atoms with Crippen LogP contribution in [0.15, 0.2) is 36.7 Å². The van der Waals surface area contributed by atoms with Crippen molar-refractivity contribution in [1.82, 2.24) is 4.98 Å². The summed E-state index contributed by atoms with van der Waals surface area (Å²) in [6.45, 7) is 0. The lowest BCUT2D eigenvalue weighted by molar-refractivity contribution is -0.118. The summed E-state index contributed by atoms with van der Waals surface area (Å²) in [5.41, 5.74) is 4.00. The number of aromatic hydroxyl groups is 1. The SMILES string of the molecule is CN1C(=O)CCc2cc(-c3cncc(O)c3)ccc21. The summed E-state index contributed by atoms with van der Waals surface area (Å²) in [5.74, 6) is 0.307. The number of anilines is 1. The summed E-state index contributed by atoms with van der Waals surface area (Å²) in [6, 6.07) is 7.65. The first-order valence-corrected chi connectivity index (χ1v) is 6.19. The topological polar surface area (TPSA) is 53.4 Å². The molecule has 2 aromatic rings. The first kappa shape index (κ1) is 11.7. The molecule has 19 heavy (non-hydrogen) atoms. The van der Waals surface area contributed by atoms with Crippen LogP contribution in [0, 0.1) is 0 Å². The van der Waals surface area contributed by atoms with Gasteiger partial charge in [-0.1, -0.05) is 6.07 Å². The minimum Gasteiger partial charge on any atom is -0.506 e. The highest BCUT2D eigenvalue weighted by atomic mass is 16.3. The summed E-state index contributed by atoms with van der Waals surface area (Å²) in [4.78, 5) is 17.3. The highest BCUT2D eigenvalue weighted by Crippen LogP contribution is 2.31. The minimum atomic E-state index is 0.152. The molecule has 0 saturated carbocycles. The number of aromatic nitrogens is 1. The Morgan fingerprint density at radius 2 is 2.00 bits per heavy atom. The number of hydrogen-bond acceptors (Lipinski definition) is 3. The second-order valence-electron chi connectivity index (χ2n) is 4.73. The Balaban J connectivity index is 2.05. The molecule has 3 rings (SSSR count). The standard InChI is InChI=1S/C15H14N2O2/c1-17-14-4-2-10(6-11(14)3-5-15(17)19)12-7-13(18)9-16-8-12/h2,4,6-9,18H,3,5H2,1H3. The van der Waals surface area contributed by atoms with E-state index >= 15 is 0 Å². The number of carbonyl (C=O) groups is 1. The van der Waals surface area contributed by atoms with Gasteiger partial charge in [0.15, 0.2) is 0 Å². The number of pyridine rings is 1. The molecule has 0 unspecified atom stereocenters. The maximum Gasteiger partial charge on any atom is 0.227 e. The molecule has 4 heteroatoms. The van der Waals surface area contributed by atoms with Crippen LogP contribution in [0.5, 0.6) is 5.75 Å². The summed E-state index contributed by atoms with van der Waals surface area (Å²) in [6.07, 6.45) is 4.44. The van der Waals surface area contributed by atoms with E-state index in [-0.39, 0.29) is 11.7 Å². The third-order valence-corrected chi connectivity index (χ3v) is 3.48. The number of hydrogen-bond donors (Lipinski definition) is 1. The molecule has 1 aliphatic heterocycles. The lowest BCUT2D eigenvalue weighted by Gasteiger charge is -2.26. The van der Waals surface area contributed by atoms with Crippen LogP contribution in [0.3, 0.4) is 0 Å². The molecule has 1 aromatic heterocycles. The lowest BCUT2D eigenvalue weighted by atomic mass is 9.97. The van der Waals surface area contributed by atoms with Crippen molar-refractivity contribution in [1.29, 1.82) is 0 Å². The number of benzene rings is 1. The number of carbonyl (C=O) groups excluding carboxylic acids is 1. The van der Waals surface area contributed by atoms with Crippen LogP contribution in [0.2, 0.25) is 0 Å². The van der Waals surface area contributed by atoms with E-state index in [1.165, 1.54) is 6.20 Å². The zero-order valence-corrected chi connectivity index (χ0v) is 10.6. The quantitative estimate of drug-likeness (QED) is 0.850. The molecule has 1 amide bonds. The van der Waals surface area contributed by atoms with Crippen LogP contribution < -0.4 is 4.90 Å². The van der Waals surface area contributed by atoms with Crippen molar-refractivity contribution in [3.8, 4) is 16.9 Å². The highest BCUT2D eigenvalue weighted by molar-refractivity contribution is 5.96. The van der Waals surface area contributed by atoms with Crippen molar-refractivity contribution < 1.29 is 9.90 Å². The largest absolute Gasteiger partial charge is 0.506 e. The van der Waals surface area contributed by atoms with Gasteiger partial charge >= 0.3 is 0 Å². The molecule has 1 aliphatic rings. The molecule has 0 spiro atoms. The van der Waals surface area contributed by atoms with E-state index in [4.69, 9.17) is 0 Å². The van der Waals surface area contributed by atoms with Gasteiger partial charge in [0, 0.05) is 30.9 Å². The molecule has 2 heterocycles. The lowest BCUT2D eigenvalue weighted by Crippen LogP contribution is -2.30. The predicted molar refractivity (Wildman–Crippen MR) is 73.1 cm³/mol. The molecule has 0 aliphatic carbocycles. The predicted octanol–water partition coefficient (Wildman–Crippen LogP) is 2.36. The fourth-order valence-corrected chi connectivity index (χ4v) is 2.42. The average Bonchev–Trinajstić information content (AvgIpc) is 2.43. The van der Waals surface area contributed by atoms with Crippen molar-refractivity contribution in [2.24, 2.45) is 0 Å². The van der Waals surface area contributed by atoms with Gasteiger partial charge in [-0.15, -0.1) is 0 Å². The van der Waals surface area contributed by atoms with Crippen LogP contribution in [0.4, 0.5) is 5.69 Å². The monoisotopic (exact) mass is 254 g/mol. The average molecular weight is 254 g/mol. The molecule has 0 fully saturated rings. The van der Waals surface area contributed by atoms with Crippen LogP contribution in [0.1, 0.15) is 12.0 Å².